The molecule has 1 N–H and O–H groups in total. The Balaban J connectivity index is 1.82. The Morgan fingerprint density at radius 1 is 1.39 bits per heavy atom. The molecule has 3 nitrogen and oxygen atoms in total. The van der Waals surface area contributed by atoms with Crippen molar-refractivity contribution in [2.45, 2.75) is 19.5 Å². The van der Waals surface area contributed by atoms with Crippen molar-refractivity contribution in [2.75, 3.05) is 6.54 Å². The molecule has 0 unspecified atom stereocenters. The van der Waals surface area contributed by atoms with Gasteiger partial charge in [0, 0.05) is 35.5 Å². The summed E-state index contributed by atoms with van der Waals surface area (Å²) in [5.74, 6) is 0.811. The van der Waals surface area contributed by atoms with Crippen LogP contribution in [0.1, 0.15) is 17.0 Å². The van der Waals surface area contributed by atoms with Crippen LogP contribution in [0.2, 0.25) is 0 Å². The zero-order valence-corrected chi connectivity index (χ0v) is 11.4. The van der Waals surface area contributed by atoms with Gasteiger partial charge in [-0.1, -0.05) is 15.9 Å². The maximum absolute atomic E-state index is 13.8. The SMILES string of the molecule is Fc1ccc(Br)c2c1CN(Cc1ncc[nH]1)CC2. The van der Waals surface area contributed by atoms with E-state index in [0.717, 1.165) is 40.9 Å². The molecule has 0 spiro atoms. The van der Waals surface area contributed by atoms with Gasteiger partial charge in [0.2, 0.25) is 0 Å². The number of aromatic amines is 1. The molecule has 18 heavy (non-hydrogen) atoms. The van der Waals surface area contributed by atoms with E-state index in [0.29, 0.717) is 6.54 Å². The van der Waals surface area contributed by atoms with Crippen molar-refractivity contribution in [1.29, 1.82) is 0 Å². The second-order valence-corrected chi connectivity index (χ2v) is 5.34. The second-order valence-electron chi connectivity index (χ2n) is 4.48. The number of nitrogens with one attached hydrogen (secondary N) is 1. The average Bonchev–Trinajstić information content (AvgIpc) is 2.87. The monoisotopic (exact) mass is 309 g/mol. The third-order valence-corrected chi connectivity index (χ3v) is 4.05. The summed E-state index contributed by atoms with van der Waals surface area (Å²) in [7, 11) is 0. The number of hydrogen-bond acceptors (Lipinski definition) is 2. The normalized spacial score (nSPS) is 15.7. The van der Waals surface area contributed by atoms with E-state index in [-0.39, 0.29) is 5.82 Å². The van der Waals surface area contributed by atoms with Gasteiger partial charge in [0.05, 0.1) is 6.54 Å². The summed E-state index contributed by atoms with van der Waals surface area (Å²) in [6.45, 7) is 2.30. The molecule has 0 atom stereocenters. The smallest absolute Gasteiger partial charge is 0.128 e. The van der Waals surface area contributed by atoms with Gasteiger partial charge < -0.3 is 4.98 Å². The fourth-order valence-electron chi connectivity index (χ4n) is 2.38. The highest BCUT2D eigenvalue weighted by Crippen LogP contribution is 2.28. The molecule has 0 radical (unpaired) electrons. The van der Waals surface area contributed by atoms with Crippen molar-refractivity contribution in [3.8, 4) is 0 Å². The molecule has 0 bridgehead atoms. The van der Waals surface area contributed by atoms with E-state index in [9.17, 15) is 4.39 Å². The quantitative estimate of drug-likeness (QED) is 0.925. The number of imidazole rings is 1. The van der Waals surface area contributed by atoms with E-state index < -0.39 is 0 Å². The van der Waals surface area contributed by atoms with Crippen molar-refractivity contribution in [1.82, 2.24) is 14.9 Å². The average molecular weight is 310 g/mol. The third kappa shape index (κ3) is 2.20. The largest absolute Gasteiger partial charge is 0.348 e. The summed E-state index contributed by atoms with van der Waals surface area (Å²) in [4.78, 5) is 9.49. The van der Waals surface area contributed by atoms with Gasteiger partial charge in [0.25, 0.3) is 0 Å². The topological polar surface area (TPSA) is 31.9 Å². The standard InChI is InChI=1S/C13H13BrFN3/c14-11-1-2-12(15)10-7-18(6-3-9(10)11)8-13-16-4-5-17-13/h1-2,4-5H,3,6-8H2,(H,16,17). The number of fused-ring (bicyclic) bond motifs is 1. The minimum atomic E-state index is -0.114. The number of nitrogens with zero attached hydrogens (tertiary/aromatic N) is 2. The molecular weight excluding hydrogens is 297 g/mol. The van der Waals surface area contributed by atoms with E-state index in [1.807, 2.05) is 6.20 Å². The van der Waals surface area contributed by atoms with Gasteiger partial charge in [-0.05, 0) is 24.1 Å². The zero-order chi connectivity index (χ0) is 12.5. The molecule has 94 valence electrons. The van der Waals surface area contributed by atoms with Crippen LogP contribution in [0.5, 0.6) is 0 Å². The van der Waals surface area contributed by atoms with Gasteiger partial charge in [0.15, 0.2) is 0 Å². The summed E-state index contributed by atoms with van der Waals surface area (Å²) in [6.07, 6.45) is 4.42. The molecule has 3 rings (SSSR count). The summed E-state index contributed by atoms with van der Waals surface area (Å²) in [5, 5.41) is 0. The number of benzene rings is 1. The first-order valence-electron chi connectivity index (χ1n) is 5.90. The molecule has 0 saturated heterocycles. The van der Waals surface area contributed by atoms with E-state index in [1.54, 1.807) is 12.3 Å². The molecular formula is C13H13BrFN3. The maximum atomic E-state index is 13.8. The molecule has 1 aliphatic rings. The van der Waals surface area contributed by atoms with Crippen molar-refractivity contribution in [3.63, 3.8) is 0 Å². The van der Waals surface area contributed by atoms with Crippen molar-refractivity contribution < 1.29 is 4.39 Å². The third-order valence-electron chi connectivity index (χ3n) is 3.30. The first-order valence-corrected chi connectivity index (χ1v) is 6.69. The van der Waals surface area contributed by atoms with Gasteiger partial charge in [-0.2, -0.15) is 0 Å². The second kappa shape index (κ2) is 4.82. The van der Waals surface area contributed by atoms with Crippen LogP contribution in [0.3, 0.4) is 0 Å². The predicted octanol–water partition coefficient (Wildman–Crippen LogP) is 2.87. The summed E-state index contributed by atoms with van der Waals surface area (Å²) in [6, 6.07) is 3.32. The molecule has 0 saturated carbocycles. The summed E-state index contributed by atoms with van der Waals surface area (Å²) in [5.41, 5.74) is 1.91. The van der Waals surface area contributed by atoms with E-state index in [4.69, 9.17) is 0 Å². The number of aromatic nitrogens is 2. The lowest BCUT2D eigenvalue weighted by molar-refractivity contribution is 0.235. The lowest BCUT2D eigenvalue weighted by Crippen LogP contribution is -2.31. The number of H-pyrrole nitrogens is 1. The zero-order valence-electron chi connectivity index (χ0n) is 9.79. The molecule has 2 heterocycles. The van der Waals surface area contributed by atoms with Crippen molar-refractivity contribution >= 4 is 15.9 Å². The molecule has 0 fully saturated rings. The maximum Gasteiger partial charge on any atom is 0.128 e. The molecule has 1 aliphatic heterocycles. The molecule has 0 aliphatic carbocycles. The molecule has 5 heteroatoms. The van der Waals surface area contributed by atoms with E-state index in [1.165, 1.54) is 6.07 Å². The van der Waals surface area contributed by atoms with Crippen LogP contribution >= 0.6 is 15.9 Å². The lowest BCUT2D eigenvalue weighted by atomic mass is 9.99. The van der Waals surface area contributed by atoms with Crippen LogP contribution in [-0.2, 0) is 19.5 Å². The molecule has 1 aromatic heterocycles. The van der Waals surface area contributed by atoms with Gasteiger partial charge in [-0.15, -0.1) is 0 Å². The van der Waals surface area contributed by atoms with Crippen molar-refractivity contribution in [2.24, 2.45) is 0 Å². The number of hydrogen-bond donors (Lipinski definition) is 1. The fraction of sp³-hybridized carbons (Fsp3) is 0.308. The van der Waals surface area contributed by atoms with Crippen LogP contribution in [0.4, 0.5) is 4.39 Å². The minimum absolute atomic E-state index is 0.114. The van der Waals surface area contributed by atoms with Crippen LogP contribution in [-0.4, -0.2) is 21.4 Å². The van der Waals surface area contributed by atoms with Crippen LogP contribution in [0.15, 0.2) is 29.0 Å². The highest BCUT2D eigenvalue weighted by atomic mass is 79.9. The highest BCUT2D eigenvalue weighted by molar-refractivity contribution is 9.10. The predicted molar refractivity (Wildman–Crippen MR) is 70.5 cm³/mol. The highest BCUT2D eigenvalue weighted by Gasteiger charge is 2.21. The number of rotatable bonds is 2. The molecule has 0 amide bonds. The summed E-state index contributed by atoms with van der Waals surface area (Å²) < 4.78 is 14.8. The molecule has 1 aromatic carbocycles. The van der Waals surface area contributed by atoms with Gasteiger partial charge >= 0.3 is 0 Å². The Kier molecular flexibility index (Phi) is 3.18. The van der Waals surface area contributed by atoms with Crippen LogP contribution < -0.4 is 0 Å². The lowest BCUT2D eigenvalue weighted by Gasteiger charge is -2.28. The van der Waals surface area contributed by atoms with E-state index in [2.05, 4.69) is 30.8 Å². The van der Waals surface area contributed by atoms with Crippen molar-refractivity contribution in [3.05, 3.63) is 51.8 Å². The Bertz CT molecular complexity index is 554. The Morgan fingerprint density at radius 3 is 3.06 bits per heavy atom. The first-order chi connectivity index (χ1) is 8.74. The van der Waals surface area contributed by atoms with Crippen LogP contribution in [0, 0.1) is 5.82 Å². The van der Waals surface area contributed by atoms with Crippen LogP contribution in [0.25, 0.3) is 0 Å². The number of halogens is 2. The van der Waals surface area contributed by atoms with E-state index >= 15 is 0 Å². The van der Waals surface area contributed by atoms with Gasteiger partial charge in [-0.25, -0.2) is 9.37 Å². The minimum Gasteiger partial charge on any atom is -0.348 e. The first kappa shape index (κ1) is 11.9. The Morgan fingerprint density at radius 2 is 2.28 bits per heavy atom. The molecule has 2 aromatic rings. The Labute approximate surface area is 113 Å². The Hall–Kier alpha value is -1.20. The summed E-state index contributed by atoms with van der Waals surface area (Å²) >= 11 is 3.49. The van der Waals surface area contributed by atoms with Gasteiger partial charge in [0.1, 0.15) is 11.6 Å². The fourth-order valence-corrected chi connectivity index (χ4v) is 2.95. The van der Waals surface area contributed by atoms with Gasteiger partial charge in [-0.3, -0.25) is 4.90 Å².